The third-order valence-corrected chi connectivity index (χ3v) is 6.92. The summed E-state index contributed by atoms with van der Waals surface area (Å²) in [5, 5.41) is 12.0. The van der Waals surface area contributed by atoms with Gasteiger partial charge in [0.25, 0.3) is 17.2 Å². The minimum Gasteiger partial charge on any atom is -0.329 e. The number of amides is 1. The zero-order chi connectivity index (χ0) is 27.4. The smallest absolute Gasteiger partial charge is 0.273 e. The van der Waals surface area contributed by atoms with Crippen LogP contribution in [0.2, 0.25) is 0 Å². The van der Waals surface area contributed by atoms with E-state index in [0.717, 1.165) is 30.5 Å². The number of fused-ring (bicyclic) bond motifs is 1. The van der Waals surface area contributed by atoms with E-state index in [1.165, 1.54) is 6.07 Å². The first-order valence-corrected chi connectivity index (χ1v) is 12.9. The lowest BCUT2D eigenvalue weighted by Crippen LogP contribution is -2.38. The second kappa shape index (κ2) is 11.4. The minimum atomic E-state index is -0.586. The normalized spacial score (nSPS) is 11.9. The number of aryl methyl sites for hydroxylation is 2. The van der Waals surface area contributed by atoms with Crippen molar-refractivity contribution in [3.8, 4) is 5.69 Å². The summed E-state index contributed by atoms with van der Waals surface area (Å²) in [4.78, 5) is 45.4. The summed E-state index contributed by atoms with van der Waals surface area (Å²) in [7, 11) is 0. The molecule has 1 unspecified atom stereocenters. The largest absolute Gasteiger partial charge is 0.329 e. The Morgan fingerprint density at radius 3 is 2.50 bits per heavy atom. The number of nitrogens with zero attached hydrogens (tertiary/aromatic N) is 4. The number of nitro groups is 1. The maximum Gasteiger partial charge on any atom is 0.273 e. The van der Waals surface area contributed by atoms with Gasteiger partial charge >= 0.3 is 0 Å². The van der Waals surface area contributed by atoms with Gasteiger partial charge in [0.05, 0.1) is 27.6 Å². The summed E-state index contributed by atoms with van der Waals surface area (Å²) in [6.07, 6.45) is 2.29. The van der Waals surface area contributed by atoms with Crippen molar-refractivity contribution < 1.29 is 9.72 Å². The first kappa shape index (κ1) is 26.7. The van der Waals surface area contributed by atoms with Gasteiger partial charge in [-0.1, -0.05) is 56.7 Å². The summed E-state index contributed by atoms with van der Waals surface area (Å²) in [6, 6.07) is 18.9. The van der Waals surface area contributed by atoms with Crippen LogP contribution in [0.25, 0.3) is 16.6 Å². The lowest BCUT2D eigenvalue weighted by atomic mass is 10.1. The first-order valence-electron chi connectivity index (χ1n) is 12.9. The lowest BCUT2D eigenvalue weighted by Gasteiger charge is -2.31. The molecule has 38 heavy (non-hydrogen) atoms. The molecule has 0 radical (unpaired) electrons. The van der Waals surface area contributed by atoms with Crippen LogP contribution >= 0.6 is 0 Å². The molecule has 0 saturated heterocycles. The SMILES string of the molecule is CCCCN(C(=O)c1ccc(C)c([N+](=O)[O-])c1)C(C)c1nc2ccccc2c(=O)n1-c1ccccc1CC. The molecule has 0 aliphatic rings. The number of benzene rings is 3. The van der Waals surface area contributed by atoms with Crippen LogP contribution in [0, 0.1) is 17.0 Å². The fraction of sp³-hybridized carbons (Fsp3) is 0.300. The molecule has 1 amide bonds. The first-order chi connectivity index (χ1) is 18.3. The van der Waals surface area contributed by atoms with Crippen molar-refractivity contribution in [2.75, 3.05) is 6.54 Å². The number of hydrogen-bond donors (Lipinski definition) is 0. The van der Waals surface area contributed by atoms with Crippen molar-refractivity contribution in [3.63, 3.8) is 0 Å². The lowest BCUT2D eigenvalue weighted by molar-refractivity contribution is -0.385. The number of carbonyl (C=O) groups excluding carboxylic acids is 1. The van der Waals surface area contributed by atoms with Crippen molar-refractivity contribution >= 4 is 22.5 Å². The van der Waals surface area contributed by atoms with Crippen LogP contribution in [0.15, 0.2) is 71.5 Å². The maximum absolute atomic E-state index is 13.9. The molecular formula is C30H32N4O4. The number of aromatic nitrogens is 2. The molecule has 4 rings (SSSR count). The number of rotatable bonds is 9. The highest BCUT2D eigenvalue weighted by Gasteiger charge is 2.29. The molecular weight excluding hydrogens is 480 g/mol. The summed E-state index contributed by atoms with van der Waals surface area (Å²) in [5.74, 6) is 0.104. The van der Waals surface area contributed by atoms with Gasteiger partial charge in [-0.3, -0.25) is 24.3 Å². The Hall–Kier alpha value is -4.33. The van der Waals surface area contributed by atoms with Gasteiger partial charge in [0, 0.05) is 23.7 Å². The average molecular weight is 513 g/mol. The van der Waals surface area contributed by atoms with E-state index in [-0.39, 0.29) is 22.7 Å². The Kier molecular flexibility index (Phi) is 8.00. The highest BCUT2D eigenvalue weighted by molar-refractivity contribution is 5.95. The zero-order valence-electron chi connectivity index (χ0n) is 22.2. The van der Waals surface area contributed by atoms with Crippen molar-refractivity contribution in [1.29, 1.82) is 0 Å². The predicted molar refractivity (Wildman–Crippen MR) is 149 cm³/mol. The molecule has 0 bridgehead atoms. The van der Waals surface area contributed by atoms with Gasteiger partial charge < -0.3 is 4.90 Å². The van der Waals surface area contributed by atoms with Crippen molar-refractivity contribution in [2.45, 2.75) is 53.0 Å². The highest BCUT2D eigenvalue weighted by atomic mass is 16.6. The van der Waals surface area contributed by atoms with Gasteiger partial charge in [-0.15, -0.1) is 0 Å². The Morgan fingerprint density at radius 2 is 1.79 bits per heavy atom. The molecule has 196 valence electrons. The Morgan fingerprint density at radius 1 is 1.08 bits per heavy atom. The van der Waals surface area contributed by atoms with Gasteiger partial charge in [0.2, 0.25) is 0 Å². The molecule has 0 aliphatic carbocycles. The quantitative estimate of drug-likeness (QED) is 0.197. The van der Waals surface area contributed by atoms with Crippen LogP contribution in [0.1, 0.15) is 67.0 Å². The van der Waals surface area contributed by atoms with Gasteiger partial charge in [0.15, 0.2) is 0 Å². The molecule has 3 aromatic carbocycles. The average Bonchev–Trinajstić information content (AvgIpc) is 2.93. The topological polar surface area (TPSA) is 98.3 Å². The van der Waals surface area contributed by atoms with Gasteiger partial charge in [0.1, 0.15) is 5.82 Å². The van der Waals surface area contributed by atoms with E-state index in [0.29, 0.717) is 28.8 Å². The van der Waals surface area contributed by atoms with Gasteiger partial charge in [-0.25, -0.2) is 4.98 Å². The molecule has 0 N–H and O–H groups in total. The number of nitro benzene ring substituents is 1. The van der Waals surface area contributed by atoms with Crippen molar-refractivity contribution in [1.82, 2.24) is 14.5 Å². The summed E-state index contributed by atoms with van der Waals surface area (Å²) < 4.78 is 1.62. The van der Waals surface area contributed by atoms with Crippen LogP contribution in [-0.2, 0) is 6.42 Å². The van der Waals surface area contributed by atoms with E-state index in [1.807, 2.05) is 57.2 Å². The third-order valence-electron chi connectivity index (χ3n) is 6.92. The molecule has 0 fully saturated rings. The van der Waals surface area contributed by atoms with Gasteiger partial charge in [-0.05, 0) is 56.5 Å². The van der Waals surface area contributed by atoms with Crippen LogP contribution in [0.5, 0.6) is 0 Å². The Labute approximate surface area is 221 Å². The van der Waals surface area contributed by atoms with Crippen molar-refractivity contribution in [2.24, 2.45) is 0 Å². The van der Waals surface area contributed by atoms with Crippen LogP contribution in [-0.4, -0.2) is 31.8 Å². The predicted octanol–water partition coefficient (Wildman–Crippen LogP) is 6.17. The van der Waals surface area contributed by atoms with E-state index in [4.69, 9.17) is 4.98 Å². The molecule has 0 spiro atoms. The summed E-state index contributed by atoms with van der Waals surface area (Å²) in [5.41, 5.74) is 2.69. The number of unbranched alkanes of at least 4 members (excludes halogenated alkanes) is 1. The fourth-order valence-electron chi connectivity index (χ4n) is 4.73. The third kappa shape index (κ3) is 5.07. The molecule has 8 nitrogen and oxygen atoms in total. The fourth-order valence-corrected chi connectivity index (χ4v) is 4.73. The summed E-state index contributed by atoms with van der Waals surface area (Å²) in [6.45, 7) is 7.98. The number of para-hydroxylation sites is 2. The highest BCUT2D eigenvalue weighted by Crippen LogP contribution is 2.28. The molecule has 0 aliphatic heterocycles. The molecule has 4 aromatic rings. The molecule has 1 atom stereocenters. The van der Waals surface area contributed by atoms with E-state index < -0.39 is 11.0 Å². The van der Waals surface area contributed by atoms with E-state index in [9.17, 15) is 19.7 Å². The standard InChI is InChI=1S/C30H32N4O4/c1-5-7-18-32(29(35)23-17-16-20(3)27(19-23)34(37)38)21(4)28-31-25-14-10-9-13-24(25)30(36)33(28)26-15-11-8-12-22(26)6-2/h8-17,19,21H,5-7,18H2,1-4H3. The Bertz CT molecular complexity index is 1560. The van der Waals surface area contributed by atoms with Gasteiger partial charge in [-0.2, -0.15) is 0 Å². The molecule has 8 heteroatoms. The molecule has 1 aromatic heterocycles. The number of hydrogen-bond acceptors (Lipinski definition) is 5. The van der Waals surface area contributed by atoms with Crippen molar-refractivity contribution in [3.05, 3.63) is 110 Å². The number of carbonyl (C=O) groups is 1. The maximum atomic E-state index is 13.9. The minimum absolute atomic E-state index is 0.100. The van der Waals surface area contributed by atoms with Crippen LogP contribution in [0.4, 0.5) is 5.69 Å². The van der Waals surface area contributed by atoms with E-state index in [2.05, 4.69) is 0 Å². The van der Waals surface area contributed by atoms with E-state index in [1.54, 1.807) is 40.7 Å². The second-order valence-corrected chi connectivity index (χ2v) is 9.40. The Balaban J connectivity index is 1.92. The molecule has 0 saturated carbocycles. The zero-order valence-corrected chi connectivity index (χ0v) is 22.2. The second-order valence-electron chi connectivity index (χ2n) is 9.40. The molecule has 1 heterocycles. The van der Waals surface area contributed by atoms with E-state index >= 15 is 0 Å². The van der Waals surface area contributed by atoms with Crippen LogP contribution in [0.3, 0.4) is 0 Å². The van der Waals surface area contributed by atoms with Crippen LogP contribution < -0.4 is 5.56 Å². The monoisotopic (exact) mass is 512 g/mol. The summed E-state index contributed by atoms with van der Waals surface area (Å²) >= 11 is 0.